The number of anilines is 1. The van der Waals surface area contributed by atoms with Crippen molar-refractivity contribution in [3.05, 3.63) is 82.9 Å². The Morgan fingerprint density at radius 3 is 2.62 bits per heavy atom. The number of fused-ring (bicyclic) bond motifs is 2. The topological polar surface area (TPSA) is 82.2 Å². The zero-order valence-corrected chi connectivity index (χ0v) is 20.1. The van der Waals surface area contributed by atoms with Crippen molar-refractivity contribution in [2.45, 2.75) is 49.5 Å². The molecule has 0 radical (unpaired) electrons. The Labute approximate surface area is 205 Å². The van der Waals surface area contributed by atoms with Crippen molar-refractivity contribution < 1.29 is 4.79 Å². The van der Waals surface area contributed by atoms with E-state index >= 15 is 0 Å². The molecule has 6 heteroatoms. The molecule has 5 rings (SSSR count). The molecule has 2 aliphatic rings. The van der Waals surface area contributed by atoms with Crippen molar-refractivity contribution in [3.63, 3.8) is 0 Å². The first-order valence-electron chi connectivity index (χ1n) is 11.7. The third kappa shape index (κ3) is 3.96. The van der Waals surface area contributed by atoms with Gasteiger partial charge in [0.2, 0.25) is 0 Å². The van der Waals surface area contributed by atoms with Gasteiger partial charge >= 0.3 is 6.03 Å². The average Bonchev–Trinajstić information content (AvgIpc) is 3.47. The summed E-state index contributed by atoms with van der Waals surface area (Å²) in [5, 5.41) is 18.4. The van der Waals surface area contributed by atoms with E-state index in [1.807, 2.05) is 54.3 Å². The van der Waals surface area contributed by atoms with E-state index in [-0.39, 0.29) is 11.4 Å². The smallest absolute Gasteiger partial charge is 0.322 e. The Bertz CT molecular complexity index is 1270. The zero-order chi connectivity index (χ0) is 23.7. The highest BCUT2D eigenvalue weighted by Gasteiger charge is 2.46. The van der Waals surface area contributed by atoms with Gasteiger partial charge in [-0.3, -0.25) is 10.0 Å². The second-order valence-electron chi connectivity index (χ2n) is 9.34. The van der Waals surface area contributed by atoms with Crippen LogP contribution in [0.2, 0.25) is 0 Å². The SMILES string of the molecule is Cc1cccc(C#N)c1-c1ccc2c(c1)C1(CCCC1)CN2C(=O)NCc1ccc(SN)cc1. The van der Waals surface area contributed by atoms with Gasteiger partial charge in [-0.15, -0.1) is 0 Å². The largest absolute Gasteiger partial charge is 0.334 e. The molecule has 0 bridgehead atoms. The molecule has 1 spiro atoms. The highest BCUT2D eigenvalue weighted by atomic mass is 32.2. The number of hydrogen-bond acceptors (Lipinski definition) is 4. The van der Waals surface area contributed by atoms with E-state index < -0.39 is 0 Å². The fourth-order valence-electron chi connectivity index (χ4n) is 5.59. The van der Waals surface area contributed by atoms with E-state index in [4.69, 9.17) is 5.14 Å². The Kier molecular flexibility index (Phi) is 6.07. The standard InChI is InChI=1S/C28H28N4OS/c1-19-5-4-6-22(16-29)26(19)21-9-12-25-24(15-21)28(13-2-3-14-28)18-32(25)27(33)31-17-20-7-10-23(34-30)11-8-20/h4-12,15H,2-3,13-14,17-18,30H2,1H3,(H,31,33). The molecular weight excluding hydrogens is 440 g/mol. The van der Waals surface area contributed by atoms with Crippen molar-refractivity contribution in [1.29, 1.82) is 5.26 Å². The maximum Gasteiger partial charge on any atom is 0.322 e. The van der Waals surface area contributed by atoms with Crippen LogP contribution in [0, 0.1) is 18.3 Å². The summed E-state index contributed by atoms with van der Waals surface area (Å²) in [6.07, 6.45) is 4.53. The Balaban J connectivity index is 1.45. The van der Waals surface area contributed by atoms with Gasteiger partial charge in [-0.05, 0) is 84.3 Å². The van der Waals surface area contributed by atoms with Crippen LogP contribution in [-0.4, -0.2) is 12.6 Å². The third-order valence-corrected chi connectivity index (χ3v) is 7.85. The van der Waals surface area contributed by atoms with E-state index in [0.717, 1.165) is 45.7 Å². The minimum absolute atomic E-state index is 0.00181. The Hall–Kier alpha value is -3.27. The second kappa shape index (κ2) is 9.17. The summed E-state index contributed by atoms with van der Waals surface area (Å²) in [7, 11) is 0. The highest BCUT2D eigenvalue weighted by molar-refractivity contribution is 7.97. The minimum Gasteiger partial charge on any atom is -0.334 e. The van der Waals surface area contributed by atoms with Crippen LogP contribution in [0.15, 0.2) is 65.6 Å². The monoisotopic (exact) mass is 468 g/mol. The normalized spacial score (nSPS) is 15.9. The van der Waals surface area contributed by atoms with Crippen LogP contribution in [-0.2, 0) is 12.0 Å². The quantitative estimate of drug-likeness (QED) is 0.457. The molecule has 3 aromatic carbocycles. The number of urea groups is 1. The lowest BCUT2D eigenvalue weighted by Gasteiger charge is -2.25. The van der Waals surface area contributed by atoms with E-state index in [9.17, 15) is 10.1 Å². The predicted molar refractivity (Wildman–Crippen MR) is 138 cm³/mol. The molecule has 34 heavy (non-hydrogen) atoms. The molecule has 1 aliphatic carbocycles. The molecule has 172 valence electrons. The molecular formula is C28H28N4OS. The molecule has 0 atom stereocenters. The van der Waals surface area contributed by atoms with Crippen LogP contribution in [0.1, 0.15) is 47.9 Å². The van der Waals surface area contributed by atoms with Crippen LogP contribution < -0.4 is 15.4 Å². The van der Waals surface area contributed by atoms with Crippen molar-refractivity contribution in [1.82, 2.24) is 5.32 Å². The fraction of sp³-hybridized carbons (Fsp3) is 0.286. The van der Waals surface area contributed by atoms with E-state index in [1.54, 1.807) is 0 Å². The summed E-state index contributed by atoms with van der Waals surface area (Å²) < 4.78 is 0. The summed E-state index contributed by atoms with van der Waals surface area (Å²) in [6, 6.07) is 22.4. The first-order chi connectivity index (χ1) is 16.5. The van der Waals surface area contributed by atoms with Gasteiger partial charge in [-0.25, -0.2) is 4.79 Å². The number of amides is 2. The Morgan fingerprint density at radius 2 is 1.91 bits per heavy atom. The lowest BCUT2D eigenvalue weighted by atomic mass is 9.79. The summed E-state index contributed by atoms with van der Waals surface area (Å²) in [5.41, 5.74) is 7.10. The van der Waals surface area contributed by atoms with Crippen LogP contribution in [0.4, 0.5) is 10.5 Å². The number of nitrogens with two attached hydrogens (primary N) is 1. The van der Waals surface area contributed by atoms with Crippen LogP contribution in [0.3, 0.4) is 0 Å². The predicted octanol–water partition coefficient (Wildman–Crippen LogP) is 6.04. The highest BCUT2D eigenvalue weighted by Crippen LogP contribution is 2.51. The van der Waals surface area contributed by atoms with E-state index in [0.29, 0.717) is 18.7 Å². The maximum atomic E-state index is 13.3. The molecule has 3 aromatic rings. The molecule has 5 nitrogen and oxygen atoms in total. The summed E-state index contributed by atoms with van der Waals surface area (Å²) in [5.74, 6) is 0. The zero-order valence-electron chi connectivity index (χ0n) is 19.3. The first kappa shape index (κ1) is 22.5. The first-order valence-corrected chi connectivity index (χ1v) is 12.6. The van der Waals surface area contributed by atoms with Gasteiger partial charge in [0.25, 0.3) is 0 Å². The number of benzene rings is 3. The number of carbonyl (C=O) groups is 1. The molecule has 0 unspecified atom stereocenters. The summed E-state index contributed by atoms with van der Waals surface area (Å²) >= 11 is 1.21. The summed E-state index contributed by atoms with van der Waals surface area (Å²) in [6.45, 7) is 3.23. The molecule has 1 aliphatic heterocycles. The number of nitrogens with one attached hydrogen (secondary N) is 1. The molecule has 2 amide bonds. The van der Waals surface area contributed by atoms with Gasteiger partial charge in [-0.1, -0.05) is 43.2 Å². The number of carbonyl (C=O) groups excluding carboxylic acids is 1. The average molecular weight is 469 g/mol. The minimum atomic E-state index is -0.0661. The van der Waals surface area contributed by atoms with Gasteiger partial charge < -0.3 is 5.32 Å². The number of aryl methyl sites for hydroxylation is 1. The second-order valence-corrected chi connectivity index (χ2v) is 10.0. The summed E-state index contributed by atoms with van der Waals surface area (Å²) in [4.78, 5) is 16.2. The van der Waals surface area contributed by atoms with E-state index in [2.05, 4.69) is 29.6 Å². The van der Waals surface area contributed by atoms with E-state index in [1.165, 1.54) is 30.4 Å². The number of rotatable bonds is 4. The van der Waals surface area contributed by atoms with Gasteiger partial charge in [0.05, 0.1) is 11.6 Å². The van der Waals surface area contributed by atoms with Crippen molar-refractivity contribution in [2.24, 2.45) is 5.14 Å². The fourth-order valence-corrected chi connectivity index (χ4v) is 5.88. The number of nitriles is 1. The van der Waals surface area contributed by atoms with Crippen LogP contribution in [0.25, 0.3) is 11.1 Å². The van der Waals surface area contributed by atoms with Gasteiger partial charge in [0.15, 0.2) is 0 Å². The molecule has 1 fully saturated rings. The maximum absolute atomic E-state index is 13.3. The van der Waals surface area contributed by atoms with Crippen molar-refractivity contribution in [3.8, 4) is 17.2 Å². The molecule has 1 saturated carbocycles. The molecule has 3 N–H and O–H groups in total. The molecule has 1 heterocycles. The van der Waals surface area contributed by atoms with Crippen LogP contribution >= 0.6 is 11.9 Å². The lowest BCUT2D eigenvalue weighted by molar-refractivity contribution is 0.245. The Morgan fingerprint density at radius 1 is 1.15 bits per heavy atom. The third-order valence-electron chi connectivity index (χ3n) is 7.31. The van der Waals surface area contributed by atoms with Crippen molar-refractivity contribution in [2.75, 3.05) is 11.4 Å². The number of nitrogens with zero attached hydrogens (tertiary/aromatic N) is 2. The van der Waals surface area contributed by atoms with Crippen molar-refractivity contribution >= 4 is 23.7 Å². The van der Waals surface area contributed by atoms with Crippen LogP contribution in [0.5, 0.6) is 0 Å². The van der Waals surface area contributed by atoms with Gasteiger partial charge in [0, 0.05) is 34.7 Å². The lowest BCUT2D eigenvalue weighted by Crippen LogP contribution is -2.41. The number of hydrogen-bond donors (Lipinski definition) is 2. The molecule has 0 saturated heterocycles. The molecule has 0 aromatic heterocycles. The van der Waals surface area contributed by atoms with Gasteiger partial charge in [-0.2, -0.15) is 5.26 Å². The van der Waals surface area contributed by atoms with Gasteiger partial charge in [0.1, 0.15) is 0 Å².